The Labute approximate surface area is 134 Å². The molecule has 1 aromatic carbocycles. The Morgan fingerprint density at radius 2 is 1.67 bits per heavy atom. The zero-order valence-corrected chi connectivity index (χ0v) is 12.2. The zero-order valence-electron chi connectivity index (χ0n) is 12.2. The van der Waals surface area contributed by atoms with Crippen molar-refractivity contribution >= 4 is 17.5 Å². The molecule has 0 unspecified atom stereocenters. The van der Waals surface area contributed by atoms with Crippen molar-refractivity contribution in [2.75, 3.05) is 0 Å². The normalized spacial score (nSPS) is 11.3. The number of nitrogens with zero attached hydrogens (tertiary/aromatic N) is 1. The van der Waals surface area contributed by atoms with Gasteiger partial charge in [0.15, 0.2) is 5.78 Å². The van der Waals surface area contributed by atoms with Crippen LogP contribution in [-0.4, -0.2) is 27.2 Å². The van der Waals surface area contributed by atoms with Gasteiger partial charge in [0.2, 0.25) is 5.78 Å². The number of carbonyl (C=O) groups excluding carboxylic acids is 2. The van der Waals surface area contributed by atoms with Gasteiger partial charge in [-0.15, -0.1) is 0 Å². The number of rotatable bonds is 6. The van der Waals surface area contributed by atoms with Crippen LogP contribution in [0, 0.1) is 0 Å². The summed E-state index contributed by atoms with van der Waals surface area (Å²) in [5.74, 6) is -3.58. The summed E-state index contributed by atoms with van der Waals surface area (Å²) in [6.45, 7) is 0.119. The number of hydrogen-bond donors (Lipinski definition) is 1. The number of benzene rings is 1. The molecule has 2 rings (SSSR count). The van der Waals surface area contributed by atoms with E-state index in [2.05, 4.69) is 0 Å². The zero-order chi connectivity index (χ0) is 17.9. The van der Waals surface area contributed by atoms with Crippen LogP contribution in [0.1, 0.15) is 28.0 Å². The van der Waals surface area contributed by atoms with E-state index in [1.807, 2.05) is 0 Å². The van der Waals surface area contributed by atoms with Crippen LogP contribution in [0.4, 0.5) is 13.2 Å². The Hall–Kier alpha value is -2.90. The topological polar surface area (TPSA) is 76.4 Å². The molecular weight excluding hydrogens is 327 g/mol. The van der Waals surface area contributed by atoms with Crippen LogP contribution in [0.15, 0.2) is 42.6 Å². The Kier molecular flexibility index (Phi) is 4.87. The molecule has 1 N–H and O–H groups in total. The van der Waals surface area contributed by atoms with Gasteiger partial charge in [-0.25, -0.2) is 4.79 Å². The lowest BCUT2D eigenvalue weighted by atomic mass is 10.1. The van der Waals surface area contributed by atoms with Gasteiger partial charge in [-0.2, -0.15) is 13.2 Å². The summed E-state index contributed by atoms with van der Waals surface area (Å²) in [6, 6.07) is 7.41. The molecule has 1 aromatic heterocycles. The first-order chi connectivity index (χ1) is 11.2. The molecule has 0 radical (unpaired) electrons. The average molecular weight is 339 g/mol. The van der Waals surface area contributed by atoms with Crippen LogP contribution in [0.25, 0.3) is 0 Å². The molecule has 24 heavy (non-hydrogen) atoms. The number of aromatic nitrogens is 1. The minimum absolute atomic E-state index is 0.115. The molecule has 8 heteroatoms. The number of carbonyl (C=O) groups is 3. The lowest BCUT2D eigenvalue weighted by molar-refractivity contribution is -0.148. The summed E-state index contributed by atoms with van der Waals surface area (Å²) < 4.78 is 39.0. The number of hydrogen-bond acceptors (Lipinski definition) is 3. The molecule has 1 heterocycles. The molecule has 0 saturated heterocycles. The van der Waals surface area contributed by atoms with Gasteiger partial charge in [-0.05, 0) is 29.8 Å². The number of carboxylic acid groups (broad SMARTS) is 1. The van der Waals surface area contributed by atoms with Gasteiger partial charge in [0, 0.05) is 12.7 Å². The number of aliphatic carboxylic acids is 1. The molecule has 0 aliphatic carbocycles. The van der Waals surface area contributed by atoms with Crippen molar-refractivity contribution < 1.29 is 32.7 Å². The first kappa shape index (κ1) is 17.5. The van der Waals surface area contributed by atoms with Crippen molar-refractivity contribution in [2.24, 2.45) is 0 Å². The van der Waals surface area contributed by atoms with E-state index in [1.54, 1.807) is 0 Å². The van der Waals surface area contributed by atoms with Crippen molar-refractivity contribution in [1.29, 1.82) is 0 Å². The van der Waals surface area contributed by atoms with E-state index >= 15 is 0 Å². The monoisotopic (exact) mass is 339 g/mol. The van der Waals surface area contributed by atoms with Crippen molar-refractivity contribution in [1.82, 2.24) is 4.57 Å². The van der Waals surface area contributed by atoms with Crippen LogP contribution in [-0.2, 0) is 22.3 Å². The molecular formula is C16H12F3NO4. The fourth-order valence-electron chi connectivity index (χ4n) is 2.11. The molecule has 0 amide bonds. The van der Waals surface area contributed by atoms with E-state index in [9.17, 15) is 27.6 Å². The highest BCUT2D eigenvalue weighted by molar-refractivity contribution is 6.37. The van der Waals surface area contributed by atoms with E-state index in [4.69, 9.17) is 5.11 Å². The highest BCUT2D eigenvalue weighted by Gasteiger charge is 2.30. The second kappa shape index (κ2) is 6.69. The molecule has 0 spiro atoms. The molecule has 126 valence electrons. The van der Waals surface area contributed by atoms with Gasteiger partial charge in [-0.3, -0.25) is 9.59 Å². The standard InChI is InChI=1S/C16H12F3NO4/c17-16(18,19)11-5-3-10(4-6-11)9-20-7-1-2-12(20)13(21)8-14(22)15(23)24/h1-7H,8-9H2,(H,23,24). The summed E-state index contributed by atoms with van der Waals surface area (Å²) in [6.07, 6.45) is -3.67. The summed E-state index contributed by atoms with van der Waals surface area (Å²) in [5, 5.41) is 8.52. The number of halogens is 3. The Balaban J connectivity index is 2.15. The van der Waals surface area contributed by atoms with Gasteiger partial charge in [0.1, 0.15) is 0 Å². The fraction of sp³-hybridized carbons (Fsp3) is 0.188. The Morgan fingerprint density at radius 3 is 2.21 bits per heavy atom. The molecule has 0 aliphatic heterocycles. The highest BCUT2D eigenvalue weighted by Crippen LogP contribution is 2.29. The van der Waals surface area contributed by atoms with Crippen LogP contribution in [0.2, 0.25) is 0 Å². The smallest absolute Gasteiger partial charge is 0.416 e. The summed E-state index contributed by atoms with van der Waals surface area (Å²) >= 11 is 0. The second-order valence-corrected chi connectivity index (χ2v) is 5.04. The molecule has 0 fully saturated rings. The van der Waals surface area contributed by atoms with E-state index in [-0.39, 0.29) is 12.2 Å². The third-order valence-corrected chi connectivity index (χ3v) is 3.31. The van der Waals surface area contributed by atoms with E-state index in [0.717, 1.165) is 12.1 Å². The molecule has 0 saturated carbocycles. The van der Waals surface area contributed by atoms with E-state index in [0.29, 0.717) is 5.56 Å². The fourth-order valence-corrected chi connectivity index (χ4v) is 2.11. The molecule has 0 atom stereocenters. The minimum atomic E-state index is -4.43. The van der Waals surface area contributed by atoms with Crippen LogP contribution in [0.5, 0.6) is 0 Å². The van der Waals surface area contributed by atoms with Crippen LogP contribution < -0.4 is 0 Å². The number of ketones is 2. The molecule has 2 aromatic rings. The second-order valence-electron chi connectivity index (χ2n) is 5.04. The molecule has 0 aliphatic rings. The largest absolute Gasteiger partial charge is 0.475 e. The Bertz CT molecular complexity index is 775. The number of carboxylic acids is 1. The van der Waals surface area contributed by atoms with Gasteiger partial charge >= 0.3 is 12.1 Å². The summed E-state index contributed by atoms with van der Waals surface area (Å²) in [4.78, 5) is 33.6. The molecule has 5 nitrogen and oxygen atoms in total. The van der Waals surface area contributed by atoms with Crippen LogP contribution >= 0.6 is 0 Å². The van der Waals surface area contributed by atoms with Gasteiger partial charge in [0.25, 0.3) is 0 Å². The summed E-state index contributed by atoms with van der Waals surface area (Å²) in [7, 11) is 0. The van der Waals surface area contributed by atoms with Gasteiger partial charge in [0.05, 0.1) is 17.7 Å². The Morgan fingerprint density at radius 1 is 1.04 bits per heavy atom. The average Bonchev–Trinajstić information content (AvgIpc) is 2.95. The minimum Gasteiger partial charge on any atom is -0.475 e. The summed E-state index contributed by atoms with van der Waals surface area (Å²) in [5.41, 5.74) is -0.135. The number of Topliss-reactive ketones (excluding diaryl/α,β-unsaturated/α-hetero) is 2. The maximum atomic E-state index is 12.5. The van der Waals surface area contributed by atoms with E-state index < -0.39 is 35.7 Å². The SMILES string of the molecule is O=C(O)C(=O)CC(=O)c1cccn1Cc1ccc(C(F)(F)F)cc1. The van der Waals surface area contributed by atoms with Crippen molar-refractivity contribution in [2.45, 2.75) is 19.1 Å². The predicted molar refractivity (Wildman–Crippen MR) is 76.6 cm³/mol. The third-order valence-electron chi connectivity index (χ3n) is 3.31. The maximum absolute atomic E-state index is 12.5. The number of alkyl halides is 3. The van der Waals surface area contributed by atoms with Crippen molar-refractivity contribution in [3.8, 4) is 0 Å². The lowest BCUT2D eigenvalue weighted by Gasteiger charge is -2.10. The van der Waals surface area contributed by atoms with Gasteiger partial charge < -0.3 is 9.67 Å². The van der Waals surface area contributed by atoms with Crippen molar-refractivity contribution in [3.63, 3.8) is 0 Å². The maximum Gasteiger partial charge on any atom is 0.416 e. The highest BCUT2D eigenvalue weighted by atomic mass is 19.4. The predicted octanol–water partition coefficient (Wildman–Crippen LogP) is 2.78. The quantitative estimate of drug-likeness (QED) is 0.499. The van der Waals surface area contributed by atoms with Crippen LogP contribution in [0.3, 0.4) is 0 Å². The van der Waals surface area contributed by atoms with E-state index in [1.165, 1.54) is 35.0 Å². The molecule has 0 bridgehead atoms. The first-order valence-corrected chi connectivity index (χ1v) is 6.79. The van der Waals surface area contributed by atoms with Crippen molar-refractivity contribution in [3.05, 3.63) is 59.4 Å². The first-order valence-electron chi connectivity index (χ1n) is 6.79. The lowest BCUT2D eigenvalue weighted by Crippen LogP contribution is -2.19. The third kappa shape index (κ3) is 4.09. The van der Waals surface area contributed by atoms with Gasteiger partial charge in [-0.1, -0.05) is 12.1 Å².